The van der Waals surface area contributed by atoms with Crippen LogP contribution in [0.15, 0.2) is 65.6 Å². The summed E-state index contributed by atoms with van der Waals surface area (Å²) in [6.45, 7) is 1.76. The van der Waals surface area contributed by atoms with Crippen molar-refractivity contribution in [2.24, 2.45) is 0 Å². The third-order valence-corrected chi connectivity index (χ3v) is 6.93. The molecular formula is C27H23ClN2O5S2. The number of halogens is 1. The summed E-state index contributed by atoms with van der Waals surface area (Å²) in [5.41, 5.74) is 3.01. The molecule has 1 heterocycles. The first kappa shape index (κ1) is 26.5. The summed E-state index contributed by atoms with van der Waals surface area (Å²) in [7, 11) is 3.03. The Kier molecular flexibility index (Phi) is 8.38. The standard InChI is InChI=1S/C27H23ClN2O5S2/c1-16-5-4-6-18(11-16)29-25(31)15-35-22-9-7-17(12-23(22)34-3)13-24-26(32)30(27(36)37-24)19-8-10-21(33-2)20(28)14-19/h4-14H,15H2,1-3H3,(H,29,31)/b24-13+. The van der Waals surface area contributed by atoms with Crippen molar-refractivity contribution >= 4 is 69.2 Å². The number of thioether (sulfide) groups is 1. The number of hydrogen-bond donors (Lipinski definition) is 1. The second-order valence-electron chi connectivity index (χ2n) is 7.95. The largest absolute Gasteiger partial charge is 0.495 e. The molecule has 4 rings (SSSR count). The van der Waals surface area contributed by atoms with Gasteiger partial charge in [0.15, 0.2) is 22.4 Å². The van der Waals surface area contributed by atoms with Gasteiger partial charge in [-0.2, -0.15) is 0 Å². The fourth-order valence-electron chi connectivity index (χ4n) is 3.59. The zero-order chi connectivity index (χ0) is 26.5. The van der Waals surface area contributed by atoms with E-state index in [2.05, 4.69) is 5.32 Å². The number of carbonyl (C=O) groups is 2. The van der Waals surface area contributed by atoms with Crippen LogP contribution in [-0.2, 0) is 9.59 Å². The van der Waals surface area contributed by atoms with Gasteiger partial charge in [0.1, 0.15) is 5.75 Å². The fourth-order valence-corrected chi connectivity index (χ4v) is 5.14. The van der Waals surface area contributed by atoms with Crippen molar-refractivity contribution in [2.45, 2.75) is 6.92 Å². The smallest absolute Gasteiger partial charge is 0.270 e. The Hall–Kier alpha value is -3.53. The maximum Gasteiger partial charge on any atom is 0.270 e. The quantitative estimate of drug-likeness (QED) is 0.267. The highest BCUT2D eigenvalue weighted by atomic mass is 35.5. The van der Waals surface area contributed by atoms with E-state index >= 15 is 0 Å². The Balaban J connectivity index is 1.46. The number of rotatable bonds is 8. The van der Waals surface area contributed by atoms with Gasteiger partial charge in [-0.15, -0.1) is 0 Å². The van der Waals surface area contributed by atoms with Gasteiger partial charge in [-0.3, -0.25) is 14.5 Å². The predicted molar refractivity (Wildman–Crippen MR) is 152 cm³/mol. The van der Waals surface area contributed by atoms with E-state index in [0.29, 0.717) is 48.4 Å². The van der Waals surface area contributed by atoms with Gasteiger partial charge in [0, 0.05) is 5.69 Å². The van der Waals surface area contributed by atoms with Crippen LogP contribution in [0.5, 0.6) is 17.2 Å². The molecule has 2 amide bonds. The summed E-state index contributed by atoms with van der Waals surface area (Å²) in [5, 5.41) is 3.18. The average Bonchev–Trinajstić information content (AvgIpc) is 3.15. The molecule has 0 unspecified atom stereocenters. The number of nitrogens with zero attached hydrogens (tertiary/aromatic N) is 1. The van der Waals surface area contributed by atoms with Crippen molar-refractivity contribution in [1.82, 2.24) is 0 Å². The number of thiocarbonyl (C=S) groups is 1. The van der Waals surface area contributed by atoms with E-state index in [1.807, 2.05) is 31.2 Å². The van der Waals surface area contributed by atoms with E-state index in [1.54, 1.807) is 42.5 Å². The molecule has 1 fully saturated rings. The highest BCUT2D eigenvalue weighted by Gasteiger charge is 2.33. The Morgan fingerprint density at radius 3 is 2.51 bits per heavy atom. The van der Waals surface area contributed by atoms with E-state index in [0.717, 1.165) is 5.56 Å². The Bertz CT molecular complexity index is 1410. The number of hydrogen-bond acceptors (Lipinski definition) is 7. The van der Waals surface area contributed by atoms with Crippen LogP contribution in [0, 0.1) is 6.92 Å². The molecule has 0 saturated carbocycles. The van der Waals surface area contributed by atoms with Crippen molar-refractivity contribution in [3.8, 4) is 17.2 Å². The monoisotopic (exact) mass is 554 g/mol. The number of carbonyl (C=O) groups excluding carboxylic acids is 2. The third kappa shape index (κ3) is 6.25. The molecule has 0 bridgehead atoms. The average molecular weight is 555 g/mol. The van der Waals surface area contributed by atoms with Gasteiger partial charge < -0.3 is 19.5 Å². The third-order valence-electron chi connectivity index (χ3n) is 5.33. The summed E-state index contributed by atoms with van der Waals surface area (Å²) >= 11 is 12.9. The number of anilines is 2. The number of nitrogens with one attached hydrogen (secondary N) is 1. The molecule has 1 saturated heterocycles. The molecule has 0 spiro atoms. The van der Waals surface area contributed by atoms with Crippen molar-refractivity contribution in [2.75, 3.05) is 31.0 Å². The van der Waals surface area contributed by atoms with Gasteiger partial charge in [-0.1, -0.05) is 53.8 Å². The summed E-state index contributed by atoms with van der Waals surface area (Å²) in [4.78, 5) is 27.3. The van der Waals surface area contributed by atoms with Crippen molar-refractivity contribution < 1.29 is 23.8 Å². The molecule has 10 heteroatoms. The van der Waals surface area contributed by atoms with E-state index in [9.17, 15) is 9.59 Å². The van der Waals surface area contributed by atoms with Gasteiger partial charge in [0.25, 0.3) is 11.8 Å². The Morgan fingerprint density at radius 1 is 1.05 bits per heavy atom. The SMILES string of the molecule is COc1ccc(N2C(=O)/C(=C\c3ccc(OCC(=O)Nc4cccc(C)c4)c(OC)c3)SC2=S)cc1Cl. The molecule has 0 aliphatic carbocycles. The van der Waals surface area contributed by atoms with Crippen LogP contribution in [0.2, 0.25) is 5.02 Å². The summed E-state index contributed by atoms with van der Waals surface area (Å²) < 4.78 is 16.7. The number of benzene rings is 3. The topological polar surface area (TPSA) is 77.1 Å². The van der Waals surface area contributed by atoms with Crippen LogP contribution >= 0.6 is 35.6 Å². The highest BCUT2D eigenvalue weighted by Crippen LogP contribution is 2.39. The number of aryl methyl sites for hydroxylation is 1. The molecule has 1 aliphatic rings. The van der Waals surface area contributed by atoms with Gasteiger partial charge >= 0.3 is 0 Å². The molecule has 37 heavy (non-hydrogen) atoms. The minimum absolute atomic E-state index is 0.188. The van der Waals surface area contributed by atoms with Crippen molar-refractivity contribution in [1.29, 1.82) is 0 Å². The first-order valence-electron chi connectivity index (χ1n) is 11.1. The lowest BCUT2D eigenvalue weighted by Gasteiger charge is -2.15. The summed E-state index contributed by atoms with van der Waals surface area (Å²) in [6.07, 6.45) is 1.72. The van der Waals surface area contributed by atoms with Gasteiger partial charge in [-0.05, 0) is 66.6 Å². The molecule has 3 aromatic rings. The van der Waals surface area contributed by atoms with Crippen LogP contribution in [-0.4, -0.2) is 37.0 Å². The number of amides is 2. The molecule has 190 valence electrons. The number of methoxy groups -OCH3 is 2. The van der Waals surface area contributed by atoms with E-state index < -0.39 is 0 Å². The molecule has 1 N–H and O–H groups in total. The Labute approximate surface area is 229 Å². The first-order valence-corrected chi connectivity index (χ1v) is 12.7. The molecule has 0 atom stereocenters. The Morgan fingerprint density at radius 2 is 1.81 bits per heavy atom. The normalized spacial score (nSPS) is 14.2. The van der Waals surface area contributed by atoms with Crippen LogP contribution in [0.3, 0.4) is 0 Å². The second kappa shape index (κ2) is 11.7. The molecule has 7 nitrogen and oxygen atoms in total. The minimum atomic E-state index is -0.293. The van der Waals surface area contributed by atoms with Gasteiger partial charge in [0.05, 0.1) is 29.8 Å². The molecule has 3 aromatic carbocycles. The first-order chi connectivity index (χ1) is 17.8. The van der Waals surface area contributed by atoms with Gasteiger partial charge in [-0.25, -0.2) is 0 Å². The predicted octanol–water partition coefficient (Wildman–Crippen LogP) is 6.09. The zero-order valence-electron chi connectivity index (χ0n) is 20.2. The summed E-state index contributed by atoms with van der Waals surface area (Å²) in [5.74, 6) is 0.782. The maximum atomic E-state index is 13.1. The van der Waals surface area contributed by atoms with Crippen LogP contribution in [0.4, 0.5) is 11.4 Å². The van der Waals surface area contributed by atoms with Crippen LogP contribution in [0.1, 0.15) is 11.1 Å². The number of ether oxygens (including phenoxy) is 3. The summed E-state index contributed by atoms with van der Waals surface area (Å²) in [6, 6.07) is 17.7. The molecular weight excluding hydrogens is 532 g/mol. The van der Waals surface area contributed by atoms with Gasteiger partial charge in [0.2, 0.25) is 0 Å². The fraction of sp³-hybridized carbons (Fsp3) is 0.148. The lowest BCUT2D eigenvalue weighted by atomic mass is 10.1. The maximum absolute atomic E-state index is 13.1. The molecule has 0 aromatic heterocycles. The molecule has 0 radical (unpaired) electrons. The van der Waals surface area contributed by atoms with Crippen molar-refractivity contribution in [3.63, 3.8) is 0 Å². The highest BCUT2D eigenvalue weighted by molar-refractivity contribution is 8.27. The van der Waals surface area contributed by atoms with Crippen LogP contribution < -0.4 is 24.4 Å². The zero-order valence-corrected chi connectivity index (χ0v) is 22.6. The van der Waals surface area contributed by atoms with E-state index in [-0.39, 0.29) is 18.4 Å². The van der Waals surface area contributed by atoms with E-state index in [4.69, 9.17) is 38.0 Å². The van der Waals surface area contributed by atoms with Crippen molar-refractivity contribution in [3.05, 3.63) is 81.7 Å². The minimum Gasteiger partial charge on any atom is -0.495 e. The second-order valence-corrected chi connectivity index (χ2v) is 10.0. The van der Waals surface area contributed by atoms with Crippen LogP contribution in [0.25, 0.3) is 6.08 Å². The lowest BCUT2D eigenvalue weighted by molar-refractivity contribution is -0.118. The molecule has 1 aliphatic heterocycles. The lowest BCUT2D eigenvalue weighted by Crippen LogP contribution is -2.27. The van der Waals surface area contributed by atoms with E-state index in [1.165, 1.54) is 30.9 Å².